The molecule has 0 saturated carbocycles. The standard InChI is InChI=1S/C22H27NO4/c1-14-10-15(6-9-19(14)26-5)11-21(24)23-18-13-22(2,3)27-20-12-16(25-4)7-8-17(18)20/h6-10,12,18H,11,13H2,1-5H3,(H,23,24)/t18-/m0/s1. The topological polar surface area (TPSA) is 56.8 Å². The Kier molecular flexibility index (Phi) is 5.31. The number of fused-ring (bicyclic) bond motifs is 1. The van der Waals surface area contributed by atoms with E-state index in [-0.39, 0.29) is 17.6 Å². The van der Waals surface area contributed by atoms with Crippen molar-refractivity contribution in [2.75, 3.05) is 14.2 Å². The normalized spacial score (nSPS) is 17.4. The summed E-state index contributed by atoms with van der Waals surface area (Å²) in [7, 11) is 3.28. The number of hydrogen-bond donors (Lipinski definition) is 1. The molecule has 2 aromatic carbocycles. The first-order valence-corrected chi connectivity index (χ1v) is 9.11. The number of carbonyl (C=O) groups is 1. The molecule has 0 bridgehead atoms. The van der Waals surface area contributed by atoms with Gasteiger partial charge in [0.15, 0.2) is 0 Å². The van der Waals surface area contributed by atoms with Gasteiger partial charge < -0.3 is 19.5 Å². The molecule has 1 amide bonds. The van der Waals surface area contributed by atoms with Gasteiger partial charge in [0.1, 0.15) is 22.8 Å². The van der Waals surface area contributed by atoms with Gasteiger partial charge in [-0.15, -0.1) is 0 Å². The van der Waals surface area contributed by atoms with Crippen molar-refractivity contribution < 1.29 is 19.0 Å². The minimum Gasteiger partial charge on any atom is -0.497 e. The van der Waals surface area contributed by atoms with Gasteiger partial charge in [-0.1, -0.05) is 12.1 Å². The summed E-state index contributed by atoms with van der Waals surface area (Å²) >= 11 is 0. The van der Waals surface area contributed by atoms with Gasteiger partial charge in [0.25, 0.3) is 0 Å². The second-order valence-electron chi connectivity index (χ2n) is 7.57. The van der Waals surface area contributed by atoms with E-state index >= 15 is 0 Å². The van der Waals surface area contributed by atoms with Crippen molar-refractivity contribution >= 4 is 5.91 Å². The number of amides is 1. The molecule has 0 spiro atoms. The van der Waals surface area contributed by atoms with Crippen LogP contribution in [0.3, 0.4) is 0 Å². The molecule has 0 unspecified atom stereocenters. The molecular weight excluding hydrogens is 342 g/mol. The van der Waals surface area contributed by atoms with E-state index in [0.29, 0.717) is 12.8 Å². The van der Waals surface area contributed by atoms with Crippen LogP contribution in [0.5, 0.6) is 17.2 Å². The van der Waals surface area contributed by atoms with Gasteiger partial charge in [-0.25, -0.2) is 0 Å². The molecule has 144 valence electrons. The molecular formula is C22H27NO4. The van der Waals surface area contributed by atoms with E-state index in [1.165, 1.54) is 0 Å². The maximum absolute atomic E-state index is 12.7. The second kappa shape index (κ2) is 7.51. The highest BCUT2D eigenvalue weighted by Crippen LogP contribution is 2.41. The van der Waals surface area contributed by atoms with Crippen molar-refractivity contribution in [3.63, 3.8) is 0 Å². The monoisotopic (exact) mass is 369 g/mol. The summed E-state index contributed by atoms with van der Waals surface area (Å²) < 4.78 is 16.7. The second-order valence-corrected chi connectivity index (χ2v) is 7.57. The lowest BCUT2D eigenvalue weighted by Gasteiger charge is -2.38. The van der Waals surface area contributed by atoms with Crippen LogP contribution in [-0.4, -0.2) is 25.7 Å². The third kappa shape index (κ3) is 4.35. The van der Waals surface area contributed by atoms with E-state index in [9.17, 15) is 4.79 Å². The van der Waals surface area contributed by atoms with Crippen molar-refractivity contribution in [2.45, 2.75) is 45.3 Å². The van der Waals surface area contributed by atoms with E-state index in [0.717, 1.165) is 33.9 Å². The van der Waals surface area contributed by atoms with Crippen molar-refractivity contribution in [2.24, 2.45) is 0 Å². The minimum absolute atomic E-state index is 0.0102. The highest BCUT2D eigenvalue weighted by molar-refractivity contribution is 5.79. The minimum atomic E-state index is -0.367. The summed E-state index contributed by atoms with van der Waals surface area (Å²) in [6.07, 6.45) is 1.04. The highest BCUT2D eigenvalue weighted by Gasteiger charge is 2.34. The molecule has 0 saturated heterocycles. The maximum atomic E-state index is 12.7. The van der Waals surface area contributed by atoms with Crippen LogP contribution in [0.15, 0.2) is 36.4 Å². The molecule has 1 aliphatic heterocycles. The summed E-state index contributed by atoms with van der Waals surface area (Å²) in [6.45, 7) is 6.04. The van der Waals surface area contributed by atoms with E-state index in [1.807, 2.05) is 57.2 Å². The molecule has 27 heavy (non-hydrogen) atoms. The fourth-order valence-electron chi connectivity index (χ4n) is 3.57. The number of nitrogens with one attached hydrogen (secondary N) is 1. The third-order valence-electron chi connectivity index (χ3n) is 4.84. The molecule has 0 aliphatic carbocycles. The zero-order valence-electron chi connectivity index (χ0n) is 16.6. The quantitative estimate of drug-likeness (QED) is 0.866. The first kappa shape index (κ1) is 19.1. The molecule has 1 heterocycles. The first-order chi connectivity index (χ1) is 12.8. The van der Waals surface area contributed by atoms with Crippen LogP contribution in [0, 0.1) is 6.92 Å². The number of rotatable bonds is 5. The predicted octanol–water partition coefficient (Wildman–Crippen LogP) is 3.97. The summed E-state index contributed by atoms with van der Waals surface area (Å²) in [5.41, 5.74) is 2.60. The molecule has 1 aliphatic rings. The van der Waals surface area contributed by atoms with Gasteiger partial charge in [-0.2, -0.15) is 0 Å². The number of benzene rings is 2. The number of hydrogen-bond acceptors (Lipinski definition) is 4. The highest BCUT2D eigenvalue weighted by atomic mass is 16.5. The van der Waals surface area contributed by atoms with Gasteiger partial charge in [0, 0.05) is 18.1 Å². The molecule has 1 atom stereocenters. The Labute approximate surface area is 160 Å². The Balaban J connectivity index is 1.76. The fourth-order valence-corrected chi connectivity index (χ4v) is 3.57. The van der Waals surface area contributed by atoms with E-state index in [2.05, 4.69) is 5.32 Å². The summed E-state index contributed by atoms with van der Waals surface area (Å²) in [5, 5.41) is 3.17. The zero-order chi connectivity index (χ0) is 19.6. The predicted molar refractivity (Wildman–Crippen MR) is 105 cm³/mol. The largest absolute Gasteiger partial charge is 0.497 e. The summed E-state index contributed by atoms with van der Waals surface area (Å²) in [5.74, 6) is 2.32. The number of ether oxygens (including phenoxy) is 3. The molecule has 3 rings (SSSR count). The van der Waals surface area contributed by atoms with E-state index < -0.39 is 0 Å². The molecule has 2 aromatic rings. The van der Waals surface area contributed by atoms with Crippen LogP contribution in [0.1, 0.15) is 43.0 Å². The van der Waals surface area contributed by atoms with Crippen molar-refractivity contribution in [3.8, 4) is 17.2 Å². The fraction of sp³-hybridized carbons (Fsp3) is 0.409. The van der Waals surface area contributed by atoms with Crippen LogP contribution >= 0.6 is 0 Å². The summed E-state index contributed by atoms with van der Waals surface area (Å²) in [4.78, 5) is 12.7. The van der Waals surface area contributed by atoms with Crippen LogP contribution in [0.2, 0.25) is 0 Å². The van der Waals surface area contributed by atoms with Gasteiger partial charge in [-0.05, 0) is 50.1 Å². The van der Waals surface area contributed by atoms with Crippen LogP contribution < -0.4 is 19.5 Å². The summed E-state index contributed by atoms with van der Waals surface area (Å²) in [6, 6.07) is 11.5. The Hall–Kier alpha value is -2.69. The lowest BCUT2D eigenvalue weighted by Crippen LogP contribution is -2.41. The molecule has 5 heteroatoms. The Morgan fingerprint density at radius 3 is 2.63 bits per heavy atom. The molecule has 0 radical (unpaired) electrons. The Bertz CT molecular complexity index is 844. The Morgan fingerprint density at radius 2 is 1.96 bits per heavy atom. The average Bonchev–Trinajstić information content (AvgIpc) is 2.60. The van der Waals surface area contributed by atoms with Gasteiger partial charge in [0.05, 0.1) is 26.7 Å². The lowest BCUT2D eigenvalue weighted by atomic mass is 9.89. The molecule has 0 fully saturated rings. The lowest BCUT2D eigenvalue weighted by molar-refractivity contribution is -0.121. The van der Waals surface area contributed by atoms with Crippen LogP contribution in [0.25, 0.3) is 0 Å². The van der Waals surface area contributed by atoms with Crippen molar-refractivity contribution in [3.05, 3.63) is 53.1 Å². The Morgan fingerprint density at radius 1 is 1.19 bits per heavy atom. The SMILES string of the molecule is COc1ccc2c(c1)OC(C)(C)C[C@@H]2NC(=O)Cc1ccc(OC)c(C)c1. The number of carbonyl (C=O) groups excluding carboxylic acids is 1. The van der Waals surface area contributed by atoms with E-state index in [4.69, 9.17) is 14.2 Å². The zero-order valence-corrected chi connectivity index (χ0v) is 16.6. The first-order valence-electron chi connectivity index (χ1n) is 9.11. The number of aryl methyl sites for hydroxylation is 1. The smallest absolute Gasteiger partial charge is 0.224 e. The van der Waals surface area contributed by atoms with Gasteiger partial charge in [0.2, 0.25) is 5.91 Å². The van der Waals surface area contributed by atoms with E-state index in [1.54, 1.807) is 14.2 Å². The van der Waals surface area contributed by atoms with Gasteiger partial charge >= 0.3 is 0 Å². The molecule has 1 N–H and O–H groups in total. The number of methoxy groups -OCH3 is 2. The maximum Gasteiger partial charge on any atom is 0.224 e. The molecule has 5 nitrogen and oxygen atoms in total. The average molecular weight is 369 g/mol. The van der Waals surface area contributed by atoms with Crippen molar-refractivity contribution in [1.29, 1.82) is 0 Å². The van der Waals surface area contributed by atoms with Crippen molar-refractivity contribution in [1.82, 2.24) is 5.32 Å². The van der Waals surface area contributed by atoms with Crippen LogP contribution in [0.4, 0.5) is 0 Å². The molecule has 0 aromatic heterocycles. The third-order valence-corrected chi connectivity index (χ3v) is 4.84. The van der Waals surface area contributed by atoms with Gasteiger partial charge in [-0.3, -0.25) is 4.79 Å². The van der Waals surface area contributed by atoms with Crippen LogP contribution in [-0.2, 0) is 11.2 Å².